The van der Waals surface area contributed by atoms with Crippen LogP contribution < -0.4 is 11.1 Å². The van der Waals surface area contributed by atoms with Crippen molar-refractivity contribution < 1.29 is 13.2 Å². The van der Waals surface area contributed by atoms with E-state index in [0.29, 0.717) is 22.9 Å². The lowest BCUT2D eigenvalue weighted by molar-refractivity contribution is -0.137. The molecule has 0 saturated heterocycles. The Labute approximate surface area is 158 Å². The number of nitrogen functional groups attached to an aromatic ring is 1. The molecule has 2 aromatic heterocycles. The quantitative estimate of drug-likeness (QED) is 0.600. The maximum atomic E-state index is 12.8. The highest BCUT2D eigenvalue weighted by molar-refractivity contribution is 7.22. The van der Waals surface area contributed by atoms with Crippen molar-refractivity contribution in [2.75, 3.05) is 11.1 Å². The summed E-state index contributed by atoms with van der Waals surface area (Å²) in [5, 5.41) is 3.49. The number of alkyl halides is 3. The predicted molar refractivity (Wildman–Crippen MR) is 103 cm³/mol. The molecule has 3 aromatic rings. The summed E-state index contributed by atoms with van der Waals surface area (Å²) in [5.41, 5.74) is 6.63. The Balaban J connectivity index is 1.68. The molecule has 4 nitrogen and oxygen atoms in total. The second-order valence-corrected chi connectivity index (χ2v) is 7.86. The molecule has 8 heteroatoms. The van der Waals surface area contributed by atoms with Crippen LogP contribution in [0.3, 0.4) is 0 Å². The monoisotopic (exact) mass is 392 g/mol. The second-order valence-electron chi connectivity index (χ2n) is 6.81. The number of fused-ring (bicyclic) bond motifs is 1. The summed E-state index contributed by atoms with van der Waals surface area (Å²) in [6.07, 6.45) is 1.52. The number of nitrogens with two attached hydrogens (primary N) is 1. The van der Waals surface area contributed by atoms with Gasteiger partial charge in [0.25, 0.3) is 0 Å². The van der Waals surface area contributed by atoms with Gasteiger partial charge in [-0.25, -0.2) is 4.98 Å². The number of anilines is 2. The molecule has 1 aromatic carbocycles. The number of hydrogen-bond acceptors (Lipinski definition) is 5. The highest BCUT2D eigenvalue weighted by Gasteiger charge is 2.30. The number of aromatic nitrogens is 2. The highest BCUT2D eigenvalue weighted by Crippen LogP contribution is 2.38. The average Bonchev–Trinajstić information content (AvgIpc) is 3.06. The number of hydrogen-bond donors (Lipinski definition) is 2. The van der Waals surface area contributed by atoms with Crippen LogP contribution in [0.1, 0.15) is 37.7 Å². The summed E-state index contributed by atoms with van der Waals surface area (Å²) < 4.78 is 39.2. The molecule has 1 saturated carbocycles. The largest absolute Gasteiger partial charge is 0.416 e. The second kappa shape index (κ2) is 6.99. The van der Waals surface area contributed by atoms with E-state index in [4.69, 9.17) is 5.73 Å². The zero-order valence-corrected chi connectivity index (χ0v) is 15.3. The van der Waals surface area contributed by atoms with Crippen molar-refractivity contribution in [3.63, 3.8) is 0 Å². The zero-order chi connectivity index (χ0) is 19.0. The van der Waals surface area contributed by atoms with Crippen molar-refractivity contribution >= 4 is 33.3 Å². The van der Waals surface area contributed by atoms with Gasteiger partial charge in [0, 0.05) is 10.9 Å². The number of benzene rings is 1. The third kappa shape index (κ3) is 3.85. The van der Waals surface area contributed by atoms with Gasteiger partial charge >= 0.3 is 6.18 Å². The first kappa shape index (κ1) is 18.0. The normalized spacial score (nSPS) is 16.0. The lowest BCUT2D eigenvalue weighted by Crippen LogP contribution is -2.23. The van der Waals surface area contributed by atoms with Crippen LogP contribution in [0.2, 0.25) is 0 Å². The van der Waals surface area contributed by atoms with Gasteiger partial charge in [-0.1, -0.05) is 31.4 Å². The first-order chi connectivity index (χ1) is 12.9. The standard InChI is InChI=1S/C19H19F3N4S/c20-19(21,22)12-8-6-11(7-9-12)15-10-14-16(27-15)17(26-18(23)25-14)24-13-4-2-1-3-5-13/h6-10,13H,1-5H2,(H3,23,24,25,26). The van der Waals surface area contributed by atoms with Gasteiger partial charge in [0.05, 0.1) is 15.8 Å². The van der Waals surface area contributed by atoms with E-state index >= 15 is 0 Å². The maximum Gasteiger partial charge on any atom is 0.416 e. The SMILES string of the molecule is Nc1nc(NC2CCCCC2)c2sc(-c3ccc(C(F)(F)F)cc3)cc2n1. The summed E-state index contributed by atoms with van der Waals surface area (Å²) in [6, 6.07) is 7.39. The van der Waals surface area contributed by atoms with E-state index in [2.05, 4.69) is 15.3 Å². The summed E-state index contributed by atoms with van der Waals surface area (Å²) in [5.74, 6) is 0.908. The summed E-state index contributed by atoms with van der Waals surface area (Å²) in [7, 11) is 0. The van der Waals surface area contributed by atoms with Gasteiger partial charge in [-0.2, -0.15) is 18.2 Å². The average molecular weight is 392 g/mol. The molecule has 1 fully saturated rings. The molecule has 0 amide bonds. The van der Waals surface area contributed by atoms with Crippen molar-refractivity contribution in [3.05, 3.63) is 35.9 Å². The van der Waals surface area contributed by atoms with E-state index in [1.54, 1.807) is 0 Å². The molecular weight excluding hydrogens is 373 g/mol. The van der Waals surface area contributed by atoms with Crippen molar-refractivity contribution in [3.8, 4) is 10.4 Å². The van der Waals surface area contributed by atoms with Crippen LogP contribution in [0.4, 0.5) is 24.9 Å². The van der Waals surface area contributed by atoms with Crippen LogP contribution in [0.5, 0.6) is 0 Å². The van der Waals surface area contributed by atoms with Gasteiger partial charge in [0.2, 0.25) is 5.95 Å². The highest BCUT2D eigenvalue weighted by atomic mass is 32.1. The Bertz CT molecular complexity index is 944. The number of rotatable bonds is 3. The summed E-state index contributed by atoms with van der Waals surface area (Å²) in [6.45, 7) is 0. The van der Waals surface area contributed by atoms with Crippen molar-refractivity contribution in [1.29, 1.82) is 0 Å². The molecule has 1 aliphatic rings. The fraction of sp³-hybridized carbons (Fsp3) is 0.368. The molecule has 0 unspecified atom stereocenters. The minimum Gasteiger partial charge on any atom is -0.368 e. The Hall–Kier alpha value is -2.35. The van der Waals surface area contributed by atoms with E-state index < -0.39 is 11.7 Å². The molecule has 1 aliphatic carbocycles. The molecule has 27 heavy (non-hydrogen) atoms. The van der Waals surface area contributed by atoms with Crippen molar-refractivity contribution in [2.24, 2.45) is 0 Å². The Morgan fingerprint density at radius 1 is 1.04 bits per heavy atom. The Kier molecular flexibility index (Phi) is 4.67. The first-order valence-corrected chi connectivity index (χ1v) is 9.73. The van der Waals surface area contributed by atoms with E-state index in [9.17, 15) is 13.2 Å². The van der Waals surface area contributed by atoms with Crippen molar-refractivity contribution in [1.82, 2.24) is 9.97 Å². The van der Waals surface area contributed by atoms with Gasteiger partial charge in [0.1, 0.15) is 5.82 Å². The van der Waals surface area contributed by atoms with Gasteiger partial charge < -0.3 is 11.1 Å². The Morgan fingerprint density at radius 2 is 1.74 bits per heavy atom. The zero-order valence-electron chi connectivity index (χ0n) is 14.5. The maximum absolute atomic E-state index is 12.8. The number of nitrogens with one attached hydrogen (secondary N) is 1. The van der Waals surface area contributed by atoms with Crippen LogP contribution in [-0.2, 0) is 6.18 Å². The van der Waals surface area contributed by atoms with Crippen LogP contribution in [-0.4, -0.2) is 16.0 Å². The van der Waals surface area contributed by atoms with E-state index in [-0.39, 0.29) is 5.95 Å². The van der Waals surface area contributed by atoms with E-state index in [0.717, 1.165) is 34.6 Å². The van der Waals surface area contributed by atoms with Gasteiger partial charge in [-0.05, 0) is 36.6 Å². The molecule has 0 bridgehead atoms. The lowest BCUT2D eigenvalue weighted by Gasteiger charge is -2.23. The Morgan fingerprint density at radius 3 is 2.41 bits per heavy atom. The molecule has 3 N–H and O–H groups in total. The third-order valence-electron chi connectivity index (χ3n) is 4.83. The van der Waals surface area contributed by atoms with Crippen LogP contribution >= 0.6 is 11.3 Å². The van der Waals surface area contributed by atoms with Crippen molar-refractivity contribution in [2.45, 2.75) is 44.3 Å². The van der Waals surface area contributed by atoms with Gasteiger partial charge in [0.15, 0.2) is 0 Å². The summed E-state index contributed by atoms with van der Waals surface area (Å²) >= 11 is 1.46. The molecular formula is C19H19F3N4S. The van der Waals surface area contributed by atoms with Crippen LogP contribution in [0, 0.1) is 0 Å². The summed E-state index contributed by atoms with van der Waals surface area (Å²) in [4.78, 5) is 9.49. The number of thiophene rings is 1. The molecule has 4 rings (SSSR count). The molecule has 0 atom stereocenters. The van der Waals surface area contributed by atoms with Gasteiger partial charge in [-0.3, -0.25) is 0 Å². The minimum absolute atomic E-state index is 0.192. The predicted octanol–water partition coefficient (Wildman–Crippen LogP) is 5.70. The molecule has 0 spiro atoms. The minimum atomic E-state index is -4.34. The van der Waals surface area contributed by atoms with E-state index in [1.165, 1.54) is 42.7 Å². The van der Waals surface area contributed by atoms with Gasteiger partial charge in [-0.15, -0.1) is 11.3 Å². The lowest BCUT2D eigenvalue weighted by atomic mass is 9.95. The van der Waals surface area contributed by atoms with Crippen LogP contribution in [0.25, 0.3) is 20.7 Å². The fourth-order valence-electron chi connectivity index (χ4n) is 3.45. The van der Waals surface area contributed by atoms with E-state index in [1.807, 2.05) is 6.07 Å². The first-order valence-electron chi connectivity index (χ1n) is 8.91. The number of halogens is 3. The van der Waals surface area contributed by atoms with Crippen LogP contribution in [0.15, 0.2) is 30.3 Å². The topological polar surface area (TPSA) is 63.8 Å². The molecule has 2 heterocycles. The molecule has 0 aliphatic heterocycles. The molecule has 0 radical (unpaired) electrons. The molecule has 142 valence electrons. The number of nitrogens with zero attached hydrogens (tertiary/aromatic N) is 2. The third-order valence-corrected chi connectivity index (χ3v) is 6.01. The fourth-order valence-corrected chi connectivity index (χ4v) is 4.51. The smallest absolute Gasteiger partial charge is 0.368 e.